The van der Waals surface area contributed by atoms with E-state index in [-0.39, 0.29) is 12.1 Å². The van der Waals surface area contributed by atoms with E-state index in [1.165, 1.54) is 26.2 Å². The van der Waals surface area contributed by atoms with Gasteiger partial charge in [0.1, 0.15) is 6.23 Å². The molecule has 0 radical (unpaired) electrons. The molecule has 0 bridgehead atoms. The number of amides is 1. The highest BCUT2D eigenvalue weighted by atomic mass is 16.8. The molecule has 46 heavy (non-hydrogen) atoms. The molecule has 4 fully saturated rings. The van der Waals surface area contributed by atoms with Crippen molar-refractivity contribution in [2.45, 2.75) is 95.7 Å². The third-order valence-electron chi connectivity index (χ3n) is 9.65. The summed E-state index contributed by atoms with van der Waals surface area (Å²) in [7, 11) is 0. The first-order chi connectivity index (χ1) is 22.6. The molecule has 13 heteroatoms. The van der Waals surface area contributed by atoms with Gasteiger partial charge >= 0.3 is 0 Å². The number of carbonyl (C=O) groups is 1. The molecular weight excluding hydrogens is 586 g/mol. The average Bonchev–Trinajstić information content (AvgIpc) is 3.53. The molecule has 248 valence electrons. The Morgan fingerprint density at radius 3 is 2.43 bits per heavy atom. The van der Waals surface area contributed by atoms with Crippen LogP contribution in [0.25, 0.3) is 11.2 Å². The molecule has 0 spiro atoms. The quantitative estimate of drug-likeness (QED) is 0.274. The zero-order valence-electron chi connectivity index (χ0n) is 26.9. The number of piperazine rings is 1. The van der Waals surface area contributed by atoms with Gasteiger partial charge in [-0.25, -0.2) is 20.2 Å². The third-order valence-corrected chi connectivity index (χ3v) is 9.65. The van der Waals surface area contributed by atoms with E-state index in [2.05, 4.69) is 54.7 Å². The summed E-state index contributed by atoms with van der Waals surface area (Å²) in [5.74, 6) is 0.202. The number of nitrogens with zero attached hydrogens (tertiary/aromatic N) is 6. The van der Waals surface area contributed by atoms with Gasteiger partial charge in [0.05, 0.1) is 12.9 Å². The van der Waals surface area contributed by atoms with Crippen LogP contribution in [0.4, 0.5) is 23.1 Å². The van der Waals surface area contributed by atoms with Gasteiger partial charge < -0.3 is 25.0 Å². The molecule has 2 unspecified atom stereocenters. The van der Waals surface area contributed by atoms with E-state index in [0.717, 1.165) is 113 Å². The lowest BCUT2D eigenvalue weighted by atomic mass is 9.95. The first kappa shape index (κ1) is 31.1. The van der Waals surface area contributed by atoms with Crippen molar-refractivity contribution in [3.63, 3.8) is 0 Å². The van der Waals surface area contributed by atoms with E-state index in [1.807, 2.05) is 6.33 Å². The predicted octanol–water partition coefficient (Wildman–Crippen LogP) is 5.06. The molecule has 1 amide bonds. The van der Waals surface area contributed by atoms with Gasteiger partial charge in [0.25, 0.3) is 5.91 Å². The summed E-state index contributed by atoms with van der Waals surface area (Å²) < 4.78 is 14.3. The molecule has 7 rings (SSSR count). The Labute approximate surface area is 270 Å². The molecule has 13 nitrogen and oxygen atoms in total. The van der Waals surface area contributed by atoms with Crippen molar-refractivity contribution >= 4 is 40.2 Å². The molecule has 1 saturated carbocycles. The van der Waals surface area contributed by atoms with Crippen LogP contribution in [0.15, 0.2) is 30.6 Å². The Morgan fingerprint density at radius 2 is 1.72 bits per heavy atom. The number of aromatic nitrogens is 4. The summed E-state index contributed by atoms with van der Waals surface area (Å²) in [4.78, 5) is 36.6. The minimum atomic E-state index is -0.895. The summed E-state index contributed by atoms with van der Waals surface area (Å²) >= 11 is 0. The number of nitrogens with one attached hydrogen (secondary N) is 3. The number of ether oxygens (including phenoxy) is 2. The van der Waals surface area contributed by atoms with E-state index in [0.29, 0.717) is 18.6 Å². The Kier molecular flexibility index (Phi) is 9.52. The lowest BCUT2D eigenvalue weighted by Gasteiger charge is -2.47. The fourth-order valence-corrected chi connectivity index (χ4v) is 7.16. The lowest BCUT2D eigenvalue weighted by Crippen LogP contribution is -2.62. The van der Waals surface area contributed by atoms with E-state index in [9.17, 15) is 4.79 Å². The summed E-state index contributed by atoms with van der Waals surface area (Å²) in [5, 5.41) is 7.17. The fourth-order valence-electron chi connectivity index (χ4n) is 7.16. The second-order valence-corrected chi connectivity index (χ2v) is 12.9. The number of anilines is 4. The molecular formula is C33H47N9O4. The number of hydrogen-bond acceptors (Lipinski definition) is 11. The maximum Gasteiger partial charge on any atom is 0.253 e. The monoisotopic (exact) mass is 633 g/mol. The number of fused-ring (bicyclic) bond motifs is 1. The number of imidazole rings is 1. The van der Waals surface area contributed by atoms with Gasteiger partial charge in [0.2, 0.25) is 11.9 Å². The maximum atomic E-state index is 11.6. The van der Waals surface area contributed by atoms with E-state index in [4.69, 9.17) is 29.3 Å². The average molecular weight is 634 g/mol. The van der Waals surface area contributed by atoms with Crippen molar-refractivity contribution in [1.82, 2.24) is 29.9 Å². The highest BCUT2D eigenvalue weighted by Gasteiger charge is 2.43. The lowest BCUT2D eigenvalue weighted by molar-refractivity contribution is -0.351. The van der Waals surface area contributed by atoms with Crippen LogP contribution in [0, 0.1) is 0 Å². The second kappa shape index (κ2) is 14.1. The van der Waals surface area contributed by atoms with Crippen LogP contribution in [0.2, 0.25) is 0 Å². The minimum Gasteiger partial charge on any atom is -0.369 e. The highest BCUT2D eigenvalue weighted by Crippen LogP contribution is 2.33. The number of hydroxylamine groups is 1. The van der Waals surface area contributed by atoms with Crippen molar-refractivity contribution in [1.29, 1.82) is 0 Å². The van der Waals surface area contributed by atoms with Crippen LogP contribution >= 0.6 is 0 Å². The summed E-state index contributed by atoms with van der Waals surface area (Å²) in [6.45, 7) is 6.01. The van der Waals surface area contributed by atoms with Crippen molar-refractivity contribution in [2.24, 2.45) is 0 Å². The zero-order chi connectivity index (χ0) is 31.3. The minimum absolute atomic E-state index is 0.0553. The van der Waals surface area contributed by atoms with Crippen LogP contribution in [-0.2, 0) is 19.1 Å². The van der Waals surface area contributed by atoms with Crippen LogP contribution in [0.5, 0.6) is 0 Å². The van der Waals surface area contributed by atoms with Gasteiger partial charge in [0.15, 0.2) is 17.0 Å². The largest absolute Gasteiger partial charge is 0.369 e. The Morgan fingerprint density at radius 1 is 0.935 bits per heavy atom. The van der Waals surface area contributed by atoms with E-state index >= 15 is 0 Å². The predicted molar refractivity (Wildman–Crippen MR) is 176 cm³/mol. The van der Waals surface area contributed by atoms with Crippen LogP contribution in [0.3, 0.4) is 0 Å². The van der Waals surface area contributed by atoms with Crippen molar-refractivity contribution in [2.75, 3.05) is 54.9 Å². The Balaban J connectivity index is 1.05. The van der Waals surface area contributed by atoms with Gasteiger partial charge in [-0.1, -0.05) is 19.3 Å². The zero-order valence-corrected chi connectivity index (χ0v) is 26.9. The first-order valence-corrected chi connectivity index (χ1v) is 17.1. The maximum absolute atomic E-state index is 11.6. The molecule has 4 aliphatic rings. The Bertz CT molecular complexity index is 1460. The number of benzene rings is 1. The smallest absolute Gasteiger partial charge is 0.253 e. The second-order valence-electron chi connectivity index (χ2n) is 12.9. The summed E-state index contributed by atoms with van der Waals surface area (Å²) in [5.41, 5.74) is 6.18. The van der Waals surface area contributed by atoms with Gasteiger partial charge in [-0.2, -0.15) is 9.97 Å². The van der Waals surface area contributed by atoms with E-state index < -0.39 is 5.91 Å². The number of rotatable bonds is 9. The first-order valence-electron chi connectivity index (χ1n) is 17.1. The molecule has 3 aromatic rings. The molecule has 3 N–H and O–H groups in total. The summed E-state index contributed by atoms with van der Waals surface area (Å²) in [6.07, 6.45) is 13.8. The SMILES string of the molecule is CC(=O)NOC1(N2CCN(c3ccc(Nc4nc(NC5CCCCC5)c5ncn(C6CCCCO6)c5n4)cc3)CC2)CCCCO1. The molecule has 1 aromatic carbocycles. The summed E-state index contributed by atoms with van der Waals surface area (Å²) in [6, 6.07) is 8.83. The van der Waals surface area contributed by atoms with E-state index in [1.54, 1.807) is 0 Å². The fraction of sp³-hybridized carbons (Fsp3) is 0.636. The molecule has 3 saturated heterocycles. The Hall–Kier alpha value is -3.52. The molecule has 2 atom stereocenters. The van der Waals surface area contributed by atoms with Crippen LogP contribution in [0.1, 0.15) is 83.8 Å². The van der Waals surface area contributed by atoms with Gasteiger partial charge in [-0.05, 0) is 69.2 Å². The van der Waals surface area contributed by atoms with Crippen LogP contribution < -0.4 is 21.0 Å². The van der Waals surface area contributed by atoms with Crippen molar-refractivity contribution < 1.29 is 19.1 Å². The van der Waals surface area contributed by atoms with Gasteiger partial charge in [0, 0.05) is 63.5 Å². The van der Waals surface area contributed by atoms with Crippen molar-refractivity contribution in [3.05, 3.63) is 30.6 Å². The molecule has 2 aromatic heterocycles. The normalized spacial score (nSPS) is 25.0. The van der Waals surface area contributed by atoms with Gasteiger partial charge in [-0.3, -0.25) is 9.36 Å². The van der Waals surface area contributed by atoms with Gasteiger partial charge in [-0.15, -0.1) is 0 Å². The number of hydrogen-bond donors (Lipinski definition) is 3. The standard InChI is InChI=1S/C33H47N9O4/c1-24(43)39-46-33(16-6-8-22-45-33)41-19-17-40(18-20-41)27-14-12-26(13-15-27)36-32-37-30(35-25-9-3-2-4-10-25)29-31(38-32)42(23-34-29)28-11-5-7-21-44-28/h12-15,23,25,28H,2-11,16-22H2,1H3,(H,39,43)(H2,35,36,37,38). The highest BCUT2D eigenvalue weighted by molar-refractivity contribution is 5.85. The third kappa shape index (κ3) is 6.92. The molecule has 5 heterocycles. The molecule has 1 aliphatic carbocycles. The topological polar surface area (TPSA) is 131 Å². The number of carbonyl (C=O) groups excluding carboxylic acids is 1. The molecule has 3 aliphatic heterocycles. The van der Waals surface area contributed by atoms with Crippen LogP contribution in [-0.4, -0.2) is 81.7 Å². The van der Waals surface area contributed by atoms with Crippen molar-refractivity contribution in [3.8, 4) is 0 Å².